The van der Waals surface area contributed by atoms with Crippen LogP contribution in [-0.4, -0.2) is 33.8 Å². The predicted molar refractivity (Wildman–Crippen MR) is 77.2 cm³/mol. The van der Waals surface area contributed by atoms with Crippen molar-refractivity contribution in [3.8, 4) is 34.5 Å². The van der Waals surface area contributed by atoms with Gasteiger partial charge in [-0.1, -0.05) is 6.07 Å². The van der Waals surface area contributed by atoms with Crippen LogP contribution in [0.4, 0.5) is 0 Å². The van der Waals surface area contributed by atoms with Gasteiger partial charge < -0.3 is 34.6 Å². The second-order valence-electron chi connectivity index (χ2n) is 5.48. The Morgan fingerprint density at radius 3 is 2.35 bits per heavy atom. The molecule has 120 valence electrons. The summed E-state index contributed by atoms with van der Waals surface area (Å²) in [7, 11) is 0. The molecule has 0 saturated carbocycles. The second-order valence-corrected chi connectivity index (χ2v) is 5.48. The van der Waals surface area contributed by atoms with Crippen LogP contribution in [0.3, 0.4) is 0 Å². The van der Waals surface area contributed by atoms with Crippen LogP contribution in [0, 0.1) is 0 Å². The summed E-state index contributed by atoms with van der Waals surface area (Å²) in [5, 5.41) is 39.8. The van der Waals surface area contributed by atoms with Crippen LogP contribution in [0.25, 0.3) is 0 Å². The molecule has 0 fully saturated rings. The first kappa shape index (κ1) is 13.8. The number of benzene rings is 2. The molecule has 0 radical (unpaired) electrons. The van der Waals surface area contributed by atoms with E-state index in [9.17, 15) is 20.4 Å². The lowest BCUT2D eigenvalue weighted by molar-refractivity contribution is 0.0873. The van der Waals surface area contributed by atoms with E-state index >= 15 is 0 Å². The maximum absolute atomic E-state index is 10.7. The average molecular weight is 318 g/mol. The summed E-state index contributed by atoms with van der Waals surface area (Å²) in [6, 6.07) is 6.00. The molecule has 4 rings (SSSR count). The number of hydrogen-bond donors (Lipinski definition) is 4. The minimum atomic E-state index is -0.969. The zero-order chi connectivity index (χ0) is 16.1. The SMILES string of the molecule is Oc1ccc([C@@H]2COc3cc4c(cc3[C@H]2O)OCO4)c(O)c1O. The molecule has 7 nitrogen and oxygen atoms in total. The number of aromatic hydroxyl groups is 3. The second kappa shape index (κ2) is 4.85. The summed E-state index contributed by atoms with van der Waals surface area (Å²) >= 11 is 0. The minimum absolute atomic E-state index is 0.103. The first-order valence-corrected chi connectivity index (χ1v) is 7.04. The number of aliphatic hydroxyl groups excluding tert-OH is 1. The van der Waals surface area contributed by atoms with Crippen molar-refractivity contribution in [3.05, 3.63) is 35.4 Å². The van der Waals surface area contributed by atoms with Crippen LogP contribution in [0.15, 0.2) is 24.3 Å². The van der Waals surface area contributed by atoms with Crippen molar-refractivity contribution in [1.82, 2.24) is 0 Å². The number of fused-ring (bicyclic) bond motifs is 2. The van der Waals surface area contributed by atoms with Crippen molar-refractivity contribution in [3.63, 3.8) is 0 Å². The van der Waals surface area contributed by atoms with Gasteiger partial charge in [0.15, 0.2) is 23.0 Å². The summed E-state index contributed by atoms with van der Waals surface area (Å²) in [6.45, 7) is 0.218. The molecule has 2 atom stereocenters. The Bertz CT molecular complexity index is 786. The summed E-state index contributed by atoms with van der Waals surface area (Å²) in [5.41, 5.74) is 0.800. The third-order valence-electron chi connectivity index (χ3n) is 4.18. The van der Waals surface area contributed by atoms with Gasteiger partial charge in [0.25, 0.3) is 0 Å². The molecular weight excluding hydrogens is 304 g/mol. The number of aliphatic hydroxyl groups is 1. The fraction of sp³-hybridized carbons (Fsp3) is 0.250. The zero-order valence-corrected chi connectivity index (χ0v) is 11.9. The summed E-state index contributed by atoms with van der Waals surface area (Å²) < 4.78 is 16.2. The van der Waals surface area contributed by atoms with Gasteiger partial charge in [0.1, 0.15) is 5.75 Å². The molecule has 0 spiro atoms. The van der Waals surface area contributed by atoms with Gasteiger partial charge in [-0.3, -0.25) is 0 Å². The lowest BCUT2D eigenvalue weighted by atomic mass is 9.86. The molecular formula is C16H14O7. The van der Waals surface area contributed by atoms with Gasteiger partial charge >= 0.3 is 0 Å². The molecule has 0 saturated heterocycles. The number of phenolic OH excluding ortho intramolecular Hbond substituents is 3. The lowest BCUT2D eigenvalue weighted by Gasteiger charge is -2.31. The Morgan fingerprint density at radius 1 is 0.826 bits per heavy atom. The van der Waals surface area contributed by atoms with E-state index in [0.29, 0.717) is 22.8 Å². The fourth-order valence-corrected chi connectivity index (χ4v) is 2.93. The highest BCUT2D eigenvalue weighted by Crippen LogP contribution is 2.49. The van der Waals surface area contributed by atoms with E-state index in [1.807, 2.05) is 0 Å². The van der Waals surface area contributed by atoms with E-state index in [1.54, 1.807) is 12.1 Å². The Balaban J connectivity index is 1.75. The molecule has 4 N–H and O–H groups in total. The molecule has 0 bridgehead atoms. The molecule has 0 aromatic heterocycles. The largest absolute Gasteiger partial charge is 0.504 e. The Labute approximate surface area is 130 Å². The lowest BCUT2D eigenvalue weighted by Crippen LogP contribution is -2.24. The standard InChI is InChI=1S/C16H14O7/c17-10-2-1-7(15(19)16(10)20)9-5-21-11-4-13-12(22-6-23-13)3-8(11)14(9)18/h1-4,9,14,17-20H,5-6H2/t9-,14+/m0/s1. The van der Waals surface area contributed by atoms with Gasteiger partial charge in [-0.2, -0.15) is 0 Å². The van der Waals surface area contributed by atoms with E-state index in [-0.39, 0.29) is 19.0 Å². The van der Waals surface area contributed by atoms with E-state index in [2.05, 4.69) is 0 Å². The third-order valence-corrected chi connectivity index (χ3v) is 4.18. The Hall–Kier alpha value is -2.80. The van der Waals surface area contributed by atoms with Crippen molar-refractivity contribution in [1.29, 1.82) is 0 Å². The number of rotatable bonds is 1. The Kier molecular flexibility index (Phi) is 2.92. The molecule has 2 aliphatic heterocycles. The summed E-state index contributed by atoms with van der Waals surface area (Å²) in [5.74, 6) is -0.562. The van der Waals surface area contributed by atoms with Gasteiger partial charge in [-0.25, -0.2) is 0 Å². The van der Waals surface area contributed by atoms with Crippen molar-refractivity contribution in [2.24, 2.45) is 0 Å². The average Bonchev–Trinajstić information content (AvgIpc) is 3.00. The van der Waals surface area contributed by atoms with Crippen LogP contribution >= 0.6 is 0 Å². The minimum Gasteiger partial charge on any atom is -0.504 e. The molecule has 2 heterocycles. The van der Waals surface area contributed by atoms with Crippen LogP contribution in [-0.2, 0) is 0 Å². The van der Waals surface area contributed by atoms with E-state index in [4.69, 9.17) is 14.2 Å². The topological polar surface area (TPSA) is 109 Å². The number of phenols is 3. The van der Waals surface area contributed by atoms with E-state index < -0.39 is 29.3 Å². The quantitative estimate of drug-likeness (QED) is 0.593. The molecule has 7 heteroatoms. The van der Waals surface area contributed by atoms with E-state index in [0.717, 1.165) is 0 Å². The van der Waals surface area contributed by atoms with Crippen molar-refractivity contribution in [2.45, 2.75) is 12.0 Å². The fourth-order valence-electron chi connectivity index (χ4n) is 2.93. The number of hydrogen-bond acceptors (Lipinski definition) is 7. The van der Waals surface area contributed by atoms with Crippen LogP contribution < -0.4 is 14.2 Å². The van der Waals surface area contributed by atoms with E-state index in [1.165, 1.54) is 12.1 Å². The molecule has 2 aliphatic rings. The maximum atomic E-state index is 10.7. The van der Waals surface area contributed by atoms with Crippen molar-refractivity contribution >= 4 is 0 Å². The van der Waals surface area contributed by atoms with Gasteiger partial charge in [-0.15, -0.1) is 0 Å². The van der Waals surface area contributed by atoms with Crippen molar-refractivity contribution < 1.29 is 34.6 Å². The highest BCUT2D eigenvalue weighted by Gasteiger charge is 2.35. The highest BCUT2D eigenvalue weighted by molar-refractivity contribution is 5.57. The smallest absolute Gasteiger partial charge is 0.231 e. The molecule has 2 aromatic rings. The van der Waals surface area contributed by atoms with Crippen LogP contribution in [0.1, 0.15) is 23.1 Å². The zero-order valence-electron chi connectivity index (χ0n) is 11.9. The van der Waals surface area contributed by atoms with Gasteiger partial charge in [-0.05, 0) is 12.1 Å². The van der Waals surface area contributed by atoms with Gasteiger partial charge in [0, 0.05) is 17.2 Å². The van der Waals surface area contributed by atoms with Crippen LogP contribution in [0.5, 0.6) is 34.5 Å². The normalized spacial score (nSPS) is 21.6. The summed E-state index contributed by atoms with van der Waals surface area (Å²) in [4.78, 5) is 0. The summed E-state index contributed by atoms with van der Waals surface area (Å²) in [6.07, 6.45) is -0.969. The molecule has 2 aromatic carbocycles. The monoisotopic (exact) mass is 318 g/mol. The Morgan fingerprint density at radius 2 is 1.57 bits per heavy atom. The third kappa shape index (κ3) is 2.01. The molecule has 0 unspecified atom stereocenters. The maximum Gasteiger partial charge on any atom is 0.231 e. The molecule has 0 amide bonds. The predicted octanol–water partition coefficient (Wildman–Crippen LogP) is 1.74. The molecule has 23 heavy (non-hydrogen) atoms. The van der Waals surface area contributed by atoms with Gasteiger partial charge in [0.05, 0.1) is 18.6 Å². The molecule has 0 aliphatic carbocycles. The first-order valence-electron chi connectivity index (χ1n) is 7.04. The van der Waals surface area contributed by atoms with Crippen molar-refractivity contribution in [2.75, 3.05) is 13.4 Å². The van der Waals surface area contributed by atoms with Crippen LogP contribution in [0.2, 0.25) is 0 Å². The number of ether oxygens (including phenoxy) is 3. The van der Waals surface area contributed by atoms with Gasteiger partial charge in [0.2, 0.25) is 12.5 Å². The first-order chi connectivity index (χ1) is 11.1. The highest BCUT2D eigenvalue weighted by atomic mass is 16.7.